The lowest BCUT2D eigenvalue weighted by atomic mass is 10.1. The molecular weight excluding hydrogens is 612 g/mol. The van der Waals surface area contributed by atoms with Crippen molar-refractivity contribution in [2.45, 2.75) is 45.9 Å². The number of carboxylic acids is 1. The van der Waals surface area contributed by atoms with E-state index in [0.717, 1.165) is 17.2 Å². The third-order valence-corrected chi connectivity index (χ3v) is 9.78. The molecule has 1 aliphatic rings. The number of carbonyl (C=O) groups is 2. The van der Waals surface area contributed by atoms with Crippen LogP contribution in [0.5, 0.6) is 5.75 Å². The number of carboxylic acid groups (broad SMARTS) is 1. The predicted octanol–water partition coefficient (Wildman–Crippen LogP) is 3.08. The normalized spacial score (nSPS) is 16.0. The summed E-state index contributed by atoms with van der Waals surface area (Å²) in [6.45, 7) is 7.72. The highest BCUT2D eigenvalue weighted by atomic mass is 32.2. The minimum absolute atomic E-state index is 0.0819. The van der Waals surface area contributed by atoms with E-state index < -0.39 is 49.5 Å². The van der Waals surface area contributed by atoms with Gasteiger partial charge in [-0.2, -0.15) is 4.31 Å². The van der Waals surface area contributed by atoms with E-state index in [1.54, 1.807) is 32.9 Å². The first-order valence-electron chi connectivity index (χ1n) is 13.9. The van der Waals surface area contributed by atoms with Gasteiger partial charge in [0.2, 0.25) is 20.0 Å². The highest BCUT2D eigenvalue weighted by Crippen LogP contribution is 2.29. The number of anilines is 1. The van der Waals surface area contributed by atoms with Crippen LogP contribution < -0.4 is 9.46 Å². The number of nitrogens with zero attached hydrogens (tertiary/aromatic N) is 3. The second-order valence-electron chi connectivity index (χ2n) is 11.6. The number of aromatic nitrogens is 1. The van der Waals surface area contributed by atoms with E-state index in [4.69, 9.17) is 9.47 Å². The molecule has 15 heteroatoms. The topological polar surface area (TPSA) is 165 Å². The molecule has 0 amide bonds. The van der Waals surface area contributed by atoms with Crippen LogP contribution >= 0.6 is 0 Å². The van der Waals surface area contributed by atoms with Crippen LogP contribution in [0.2, 0.25) is 0 Å². The standard InChI is InChI=1S/C29H38N4O9S2/c1-20-24(23-8-6-7-9-25(23)33(20)28(36)42-29(2,3)4)18-41-22-12-10-21(11-13-22)30-44(39,40)19-26(27(34)35)31-14-16-32(17-15-31)43(5,37)38/h6-13,26,30H,14-19H2,1-5H3,(H,34,35)/t26-/m1/s1. The van der Waals surface area contributed by atoms with Crippen LogP contribution in [0, 0.1) is 6.92 Å². The predicted molar refractivity (Wildman–Crippen MR) is 166 cm³/mol. The zero-order valence-electron chi connectivity index (χ0n) is 25.3. The number of fused-ring (bicyclic) bond motifs is 1. The summed E-state index contributed by atoms with van der Waals surface area (Å²) in [5, 5.41) is 10.6. The molecule has 240 valence electrons. The number of ether oxygens (including phenoxy) is 2. The minimum atomic E-state index is -4.08. The van der Waals surface area contributed by atoms with E-state index in [1.807, 2.05) is 31.2 Å². The zero-order chi connectivity index (χ0) is 32.4. The number of carbonyl (C=O) groups excluding carboxylic acids is 1. The molecule has 44 heavy (non-hydrogen) atoms. The summed E-state index contributed by atoms with van der Waals surface area (Å²) in [6, 6.07) is 12.3. The highest BCUT2D eigenvalue weighted by Gasteiger charge is 2.34. The number of hydrogen-bond acceptors (Lipinski definition) is 9. The Bertz CT molecular complexity index is 1740. The first-order valence-corrected chi connectivity index (χ1v) is 17.4. The third kappa shape index (κ3) is 8.08. The first kappa shape index (κ1) is 33.2. The molecule has 3 aromatic rings. The Morgan fingerprint density at radius 3 is 2.16 bits per heavy atom. The van der Waals surface area contributed by atoms with Gasteiger partial charge in [0, 0.05) is 48.5 Å². The van der Waals surface area contributed by atoms with E-state index in [1.165, 1.54) is 25.9 Å². The molecule has 0 saturated carbocycles. The van der Waals surface area contributed by atoms with Gasteiger partial charge < -0.3 is 14.6 Å². The maximum absolute atomic E-state index is 13.0. The lowest BCUT2D eigenvalue weighted by molar-refractivity contribution is -0.142. The number of benzene rings is 2. The van der Waals surface area contributed by atoms with Gasteiger partial charge in [-0.3, -0.25) is 14.4 Å². The number of aliphatic carboxylic acids is 1. The minimum Gasteiger partial charge on any atom is -0.489 e. The van der Waals surface area contributed by atoms with Gasteiger partial charge >= 0.3 is 12.1 Å². The molecule has 13 nitrogen and oxygen atoms in total. The van der Waals surface area contributed by atoms with E-state index >= 15 is 0 Å². The Labute approximate surface area is 257 Å². The summed E-state index contributed by atoms with van der Waals surface area (Å²) in [7, 11) is -7.50. The monoisotopic (exact) mass is 650 g/mol. The Hall–Kier alpha value is -3.66. The molecule has 0 spiro atoms. The molecule has 0 aliphatic carbocycles. The van der Waals surface area contributed by atoms with E-state index in [9.17, 15) is 31.5 Å². The molecule has 0 unspecified atom stereocenters. The van der Waals surface area contributed by atoms with Gasteiger partial charge in [-0.15, -0.1) is 0 Å². The van der Waals surface area contributed by atoms with Crippen molar-refractivity contribution in [3.63, 3.8) is 0 Å². The number of nitrogens with one attached hydrogen (secondary N) is 1. The molecule has 1 fully saturated rings. The van der Waals surface area contributed by atoms with E-state index in [0.29, 0.717) is 17.0 Å². The fourth-order valence-corrected chi connectivity index (χ4v) is 7.22. The molecule has 2 aromatic carbocycles. The first-order chi connectivity index (χ1) is 20.4. The number of hydrogen-bond donors (Lipinski definition) is 2. The number of rotatable bonds is 10. The van der Waals surface area contributed by atoms with Gasteiger partial charge in [0.1, 0.15) is 24.0 Å². The van der Waals surface area contributed by atoms with Gasteiger partial charge in [-0.25, -0.2) is 26.2 Å². The fourth-order valence-electron chi connectivity index (χ4n) is 5.04. The molecule has 1 saturated heterocycles. The lowest BCUT2D eigenvalue weighted by Crippen LogP contribution is -2.55. The van der Waals surface area contributed by atoms with Gasteiger partial charge in [-0.05, 0) is 58.0 Å². The van der Waals surface area contributed by atoms with Crippen molar-refractivity contribution < 1.29 is 41.0 Å². The van der Waals surface area contributed by atoms with Crippen LogP contribution in [-0.2, 0) is 36.2 Å². The highest BCUT2D eigenvalue weighted by molar-refractivity contribution is 7.92. The quantitative estimate of drug-likeness (QED) is 0.333. The summed E-state index contributed by atoms with van der Waals surface area (Å²) < 4.78 is 66.1. The summed E-state index contributed by atoms with van der Waals surface area (Å²) >= 11 is 0. The van der Waals surface area contributed by atoms with Crippen LogP contribution in [0.25, 0.3) is 10.9 Å². The van der Waals surface area contributed by atoms with Crippen molar-refractivity contribution in [3.05, 3.63) is 59.8 Å². The lowest BCUT2D eigenvalue weighted by Gasteiger charge is -2.36. The molecule has 1 atom stereocenters. The SMILES string of the molecule is Cc1c(COc2ccc(NS(=O)(=O)C[C@H](C(=O)O)N3CCN(S(C)(=O)=O)CC3)cc2)c2ccccc2n1C(=O)OC(C)(C)C. The summed E-state index contributed by atoms with van der Waals surface area (Å²) in [4.78, 5) is 26.4. The molecule has 4 rings (SSSR count). The molecular formula is C29H38N4O9S2. The van der Waals surface area contributed by atoms with E-state index in [-0.39, 0.29) is 38.5 Å². The van der Waals surface area contributed by atoms with Gasteiger partial charge in [0.25, 0.3) is 0 Å². The Morgan fingerprint density at radius 2 is 1.59 bits per heavy atom. The van der Waals surface area contributed by atoms with Crippen LogP contribution in [0.4, 0.5) is 10.5 Å². The number of sulfonamides is 2. The van der Waals surface area contributed by atoms with Gasteiger partial charge in [0.15, 0.2) is 0 Å². The van der Waals surface area contributed by atoms with E-state index in [2.05, 4.69) is 4.72 Å². The summed E-state index contributed by atoms with van der Waals surface area (Å²) in [6.07, 6.45) is 0.587. The average molecular weight is 651 g/mol. The Morgan fingerprint density at radius 1 is 0.977 bits per heavy atom. The maximum Gasteiger partial charge on any atom is 0.419 e. The van der Waals surface area contributed by atoms with Gasteiger partial charge in [0.05, 0.1) is 17.5 Å². The Balaban J connectivity index is 1.42. The third-order valence-electron chi connectivity index (χ3n) is 7.17. The zero-order valence-corrected chi connectivity index (χ0v) is 26.9. The van der Waals surface area contributed by atoms with Crippen LogP contribution in [-0.4, -0.2) is 97.6 Å². The number of para-hydroxylation sites is 1. The van der Waals surface area contributed by atoms with Crippen molar-refractivity contribution in [2.75, 3.05) is 42.9 Å². The van der Waals surface area contributed by atoms with Crippen LogP contribution in [0.15, 0.2) is 48.5 Å². The molecule has 0 radical (unpaired) electrons. The molecule has 1 aromatic heterocycles. The van der Waals surface area contributed by atoms with Gasteiger partial charge in [-0.1, -0.05) is 18.2 Å². The maximum atomic E-state index is 13.0. The van der Waals surface area contributed by atoms with Crippen molar-refractivity contribution in [2.24, 2.45) is 0 Å². The smallest absolute Gasteiger partial charge is 0.419 e. The van der Waals surface area contributed by atoms with Crippen molar-refractivity contribution in [1.29, 1.82) is 0 Å². The van der Waals surface area contributed by atoms with Crippen LogP contribution in [0.3, 0.4) is 0 Å². The molecule has 1 aliphatic heterocycles. The van der Waals surface area contributed by atoms with Crippen molar-refractivity contribution in [3.8, 4) is 5.75 Å². The largest absolute Gasteiger partial charge is 0.489 e. The molecule has 0 bridgehead atoms. The Kier molecular flexibility index (Phi) is 9.63. The second-order valence-corrected chi connectivity index (χ2v) is 15.4. The summed E-state index contributed by atoms with van der Waals surface area (Å²) in [5.74, 6) is -1.57. The average Bonchev–Trinajstić information content (AvgIpc) is 3.20. The van der Waals surface area contributed by atoms with Crippen molar-refractivity contribution >= 4 is 48.7 Å². The van der Waals surface area contributed by atoms with Crippen LogP contribution in [0.1, 0.15) is 32.0 Å². The number of piperazine rings is 1. The fraction of sp³-hybridized carbons (Fsp3) is 0.448. The summed E-state index contributed by atoms with van der Waals surface area (Å²) in [5.41, 5.74) is 1.73. The van der Waals surface area contributed by atoms with Crippen molar-refractivity contribution in [1.82, 2.24) is 13.8 Å². The second kappa shape index (κ2) is 12.8. The molecule has 2 N–H and O–H groups in total. The molecule has 2 heterocycles.